The van der Waals surface area contributed by atoms with E-state index in [1.165, 1.54) is 5.56 Å². The van der Waals surface area contributed by atoms with Crippen molar-refractivity contribution < 1.29 is 4.79 Å². The van der Waals surface area contributed by atoms with Gasteiger partial charge in [-0.2, -0.15) is 0 Å². The molecule has 1 aromatic heterocycles. The second kappa shape index (κ2) is 8.60. The van der Waals surface area contributed by atoms with Gasteiger partial charge in [-0.15, -0.1) is 0 Å². The Balaban J connectivity index is 2.30. The highest BCUT2D eigenvalue weighted by Gasteiger charge is 2.18. The zero-order valence-corrected chi connectivity index (χ0v) is 15.8. The van der Waals surface area contributed by atoms with E-state index in [4.69, 9.17) is 0 Å². The van der Waals surface area contributed by atoms with Gasteiger partial charge in [-0.25, -0.2) is 9.97 Å². The van der Waals surface area contributed by atoms with Gasteiger partial charge in [0.15, 0.2) is 0 Å². The highest BCUT2D eigenvalue weighted by molar-refractivity contribution is 5.92. The molecule has 5 nitrogen and oxygen atoms in total. The third kappa shape index (κ3) is 5.28. The number of benzene rings is 1. The summed E-state index contributed by atoms with van der Waals surface area (Å²) in [6.07, 6.45) is 0.884. The minimum absolute atomic E-state index is 0.122. The van der Waals surface area contributed by atoms with Gasteiger partial charge >= 0.3 is 0 Å². The fourth-order valence-electron chi connectivity index (χ4n) is 2.46. The summed E-state index contributed by atoms with van der Waals surface area (Å²) in [7, 11) is 0. The van der Waals surface area contributed by atoms with Gasteiger partial charge in [0.25, 0.3) is 5.91 Å². The van der Waals surface area contributed by atoms with Crippen molar-refractivity contribution in [2.24, 2.45) is 0 Å². The van der Waals surface area contributed by atoms with Gasteiger partial charge in [0.05, 0.1) is 0 Å². The molecular formula is C20H28N4O. The van der Waals surface area contributed by atoms with Crippen molar-refractivity contribution in [1.82, 2.24) is 15.3 Å². The van der Waals surface area contributed by atoms with Crippen molar-refractivity contribution in [3.8, 4) is 0 Å². The van der Waals surface area contributed by atoms with E-state index < -0.39 is 0 Å². The number of amides is 1. The summed E-state index contributed by atoms with van der Waals surface area (Å²) in [5.41, 5.74) is 2.39. The number of carbonyl (C=O) groups excluding carboxylic acids is 1. The number of hydrogen-bond donors (Lipinski definition) is 1. The Kier molecular flexibility index (Phi) is 6.51. The smallest absolute Gasteiger partial charge is 0.270 e. The van der Waals surface area contributed by atoms with Gasteiger partial charge in [-0.3, -0.25) is 4.79 Å². The standard InChI is InChI=1S/C20H28N4O/c1-6-15(4)21-19(25)18-12-16(5)22-20(23-18)24(14(2)3)13-17-10-8-7-9-11-17/h7-12,14-15H,6,13H2,1-5H3,(H,21,25). The molecule has 0 aliphatic carbocycles. The van der Waals surface area contributed by atoms with Crippen LogP contribution in [0.1, 0.15) is 55.9 Å². The van der Waals surface area contributed by atoms with E-state index in [1.54, 1.807) is 6.07 Å². The van der Waals surface area contributed by atoms with Crippen LogP contribution >= 0.6 is 0 Å². The average Bonchev–Trinajstić information content (AvgIpc) is 2.59. The highest BCUT2D eigenvalue weighted by Crippen LogP contribution is 2.17. The van der Waals surface area contributed by atoms with E-state index in [0.717, 1.165) is 12.1 Å². The maximum absolute atomic E-state index is 12.4. The molecule has 0 spiro atoms. The molecule has 1 heterocycles. The Morgan fingerprint density at radius 1 is 1.16 bits per heavy atom. The molecule has 1 amide bonds. The monoisotopic (exact) mass is 340 g/mol. The molecule has 1 N–H and O–H groups in total. The van der Waals surface area contributed by atoms with Crippen molar-refractivity contribution >= 4 is 11.9 Å². The van der Waals surface area contributed by atoms with E-state index in [2.05, 4.69) is 46.2 Å². The first-order valence-electron chi connectivity index (χ1n) is 8.87. The van der Waals surface area contributed by atoms with Crippen LogP contribution in [0, 0.1) is 6.92 Å². The molecule has 1 atom stereocenters. The van der Waals surface area contributed by atoms with E-state index >= 15 is 0 Å². The largest absolute Gasteiger partial charge is 0.348 e. The predicted octanol–water partition coefficient (Wildman–Crippen LogP) is 3.73. The summed E-state index contributed by atoms with van der Waals surface area (Å²) in [6, 6.07) is 12.3. The quantitative estimate of drug-likeness (QED) is 0.834. The topological polar surface area (TPSA) is 58.1 Å². The fourth-order valence-corrected chi connectivity index (χ4v) is 2.46. The summed E-state index contributed by atoms with van der Waals surface area (Å²) in [5.74, 6) is 0.442. The van der Waals surface area contributed by atoms with Crippen LogP contribution in [-0.4, -0.2) is 28.0 Å². The lowest BCUT2D eigenvalue weighted by atomic mass is 10.2. The molecule has 0 aliphatic rings. The molecule has 0 saturated heterocycles. The number of hydrogen-bond acceptors (Lipinski definition) is 4. The molecule has 0 aliphatic heterocycles. The van der Waals surface area contributed by atoms with Gasteiger partial charge in [0.1, 0.15) is 5.69 Å². The van der Waals surface area contributed by atoms with Gasteiger partial charge in [-0.1, -0.05) is 37.3 Å². The number of aromatic nitrogens is 2. The van der Waals surface area contributed by atoms with Crippen molar-refractivity contribution in [1.29, 1.82) is 0 Å². The molecule has 1 aromatic carbocycles. The lowest BCUT2D eigenvalue weighted by molar-refractivity contribution is 0.0934. The first kappa shape index (κ1) is 18.9. The SMILES string of the molecule is CCC(C)NC(=O)c1cc(C)nc(N(Cc2ccccc2)C(C)C)n1. The van der Waals surface area contributed by atoms with E-state index in [0.29, 0.717) is 18.2 Å². The van der Waals surface area contributed by atoms with E-state index in [-0.39, 0.29) is 18.0 Å². The first-order valence-corrected chi connectivity index (χ1v) is 8.87. The second-order valence-electron chi connectivity index (χ2n) is 6.68. The predicted molar refractivity (Wildman–Crippen MR) is 102 cm³/mol. The Labute approximate surface area is 150 Å². The van der Waals surface area contributed by atoms with Gasteiger partial charge < -0.3 is 10.2 Å². The van der Waals surface area contributed by atoms with Gasteiger partial charge in [0, 0.05) is 24.3 Å². The minimum Gasteiger partial charge on any atom is -0.348 e. The molecule has 0 saturated carbocycles. The Morgan fingerprint density at radius 3 is 2.44 bits per heavy atom. The van der Waals surface area contributed by atoms with Crippen molar-refractivity contribution in [2.75, 3.05) is 4.90 Å². The van der Waals surface area contributed by atoms with Crippen molar-refractivity contribution in [3.05, 3.63) is 53.3 Å². The molecule has 2 rings (SSSR count). The zero-order chi connectivity index (χ0) is 18.4. The summed E-state index contributed by atoms with van der Waals surface area (Å²) in [6.45, 7) is 10.8. The fraction of sp³-hybridized carbons (Fsp3) is 0.450. The molecule has 0 fully saturated rings. The third-order valence-electron chi connectivity index (χ3n) is 4.14. The van der Waals surface area contributed by atoms with Crippen LogP contribution in [0.25, 0.3) is 0 Å². The maximum atomic E-state index is 12.4. The summed E-state index contributed by atoms with van der Waals surface area (Å²) in [4.78, 5) is 23.7. The Morgan fingerprint density at radius 2 is 1.84 bits per heavy atom. The number of rotatable bonds is 7. The number of carbonyl (C=O) groups is 1. The first-order chi connectivity index (χ1) is 11.9. The molecule has 0 bridgehead atoms. The molecule has 0 radical (unpaired) electrons. The molecule has 134 valence electrons. The van der Waals surface area contributed by atoms with Gasteiger partial charge in [0.2, 0.25) is 5.95 Å². The van der Waals surface area contributed by atoms with Crippen LogP contribution in [0.4, 0.5) is 5.95 Å². The van der Waals surface area contributed by atoms with Crippen molar-refractivity contribution in [3.63, 3.8) is 0 Å². The highest BCUT2D eigenvalue weighted by atomic mass is 16.1. The molecule has 5 heteroatoms. The maximum Gasteiger partial charge on any atom is 0.270 e. The molecule has 25 heavy (non-hydrogen) atoms. The summed E-state index contributed by atoms with van der Waals surface area (Å²) < 4.78 is 0. The summed E-state index contributed by atoms with van der Waals surface area (Å²) >= 11 is 0. The van der Waals surface area contributed by atoms with Crippen LogP contribution < -0.4 is 10.2 Å². The van der Waals surface area contributed by atoms with Gasteiger partial charge in [-0.05, 0) is 45.7 Å². The minimum atomic E-state index is -0.149. The third-order valence-corrected chi connectivity index (χ3v) is 4.14. The zero-order valence-electron chi connectivity index (χ0n) is 15.8. The number of aryl methyl sites for hydroxylation is 1. The Hall–Kier alpha value is -2.43. The molecule has 2 aromatic rings. The normalized spacial score (nSPS) is 12.1. The van der Waals surface area contributed by atoms with Crippen LogP contribution in [0.15, 0.2) is 36.4 Å². The molecular weight excluding hydrogens is 312 g/mol. The molecule has 1 unspecified atom stereocenters. The summed E-state index contributed by atoms with van der Waals surface area (Å²) in [5, 5.41) is 2.97. The van der Waals surface area contributed by atoms with E-state index in [1.807, 2.05) is 39.0 Å². The number of anilines is 1. The number of nitrogens with one attached hydrogen (secondary N) is 1. The van der Waals surface area contributed by atoms with Crippen molar-refractivity contribution in [2.45, 2.75) is 59.7 Å². The average molecular weight is 340 g/mol. The number of nitrogens with zero attached hydrogens (tertiary/aromatic N) is 3. The second-order valence-corrected chi connectivity index (χ2v) is 6.68. The van der Waals surface area contributed by atoms with Crippen LogP contribution in [0.3, 0.4) is 0 Å². The van der Waals surface area contributed by atoms with Crippen LogP contribution in [-0.2, 0) is 6.54 Å². The lowest BCUT2D eigenvalue weighted by Gasteiger charge is -2.27. The Bertz CT molecular complexity index is 700. The van der Waals surface area contributed by atoms with Crippen LogP contribution in [0.2, 0.25) is 0 Å². The lowest BCUT2D eigenvalue weighted by Crippen LogP contribution is -2.35. The van der Waals surface area contributed by atoms with E-state index in [9.17, 15) is 4.79 Å². The van der Waals surface area contributed by atoms with Crippen LogP contribution in [0.5, 0.6) is 0 Å².